The quantitative estimate of drug-likeness (QED) is 0.509. The highest BCUT2D eigenvalue weighted by molar-refractivity contribution is 8.06. The zero-order chi connectivity index (χ0) is 10.8. The Balaban J connectivity index is 2.24. The Morgan fingerprint density at radius 2 is 1.93 bits per heavy atom. The first-order chi connectivity index (χ1) is 6.38. The lowest BCUT2D eigenvalue weighted by Gasteiger charge is -2.19. The second kappa shape index (κ2) is 4.21. The first-order valence-electron chi connectivity index (χ1n) is 4.60. The predicted molar refractivity (Wildman–Crippen MR) is 57.2 cm³/mol. The van der Waals surface area contributed by atoms with E-state index in [1.54, 1.807) is 11.8 Å². The fraction of sp³-hybridized carbons (Fsp3) is 0.778. The molecule has 0 aromatic carbocycles. The van der Waals surface area contributed by atoms with E-state index in [1.807, 2.05) is 20.8 Å². The number of nitrogens with one attached hydrogen (secondary N) is 2. The number of carbonyl (C=O) groups excluding carboxylic acids is 2. The van der Waals surface area contributed by atoms with Crippen LogP contribution in [0.15, 0.2) is 0 Å². The zero-order valence-electron chi connectivity index (χ0n) is 8.72. The van der Waals surface area contributed by atoms with E-state index in [9.17, 15) is 9.59 Å². The SMILES string of the molecule is CC(C)(C)NC(=O)C(=O)NC[C@@H]1CS1. The van der Waals surface area contributed by atoms with Crippen LogP contribution in [0.25, 0.3) is 0 Å². The van der Waals surface area contributed by atoms with Crippen LogP contribution in [-0.2, 0) is 9.59 Å². The van der Waals surface area contributed by atoms with Gasteiger partial charge in [0.1, 0.15) is 0 Å². The van der Waals surface area contributed by atoms with Crippen molar-refractivity contribution in [2.45, 2.75) is 31.6 Å². The van der Waals surface area contributed by atoms with Crippen molar-refractivity contribution >= 4 is 23.6 Å². The Labute approximate surface area is 88.2 Å². The molecule has 4 nitrogen and oxygen atoms in total. The first kappa shape index (κ1) is 11.4. The molecule has 1 rings (SSSR count). The fourth-order valence-electron chi connectivity index (χ4n) is 0.870. The van der Waals surface area contributed by atoms with Gasteiger partial charge in [-0.1, -0.05) is 0 Å². The molecule has 0 bridgehead atoms. The van der Waals surface area contributed by atoms with Gasteiger partial charge in [-0.05, 0) is 20.8 Å². The van der Waals surface area contributed by atoms with E-state index in [0.29, 0.717) is 11.8 Å². The first-order valence-corrected chi connectivity index (χ1v) is 5.65. The molecular formula is C9H16N2O2S. The van der Waals surface area contributed by atoms with Crippen LogP contribution < -0.4 is 10.6 Å². The van der Waals surface area contributed by atoms with Crippen LogP contribution in [0, 0.1) is 0 Å². The number of thioether (sulfide) groups is 1. The molecule has 1 aliphatic heterocycles. The van der Waals surface area contributed by atoms with Crippen molar-refractivity contribution in [3.63, 3.8) is 0 Å². The number of hydrogen-bond acceptors (Lipinski definition) is 3. The second-order valence-corrected chi connectivity index (χ2v) is 5.70. The summed E-state index contributed by atoms with van der Waals surface area (Å²) in [6, 6.07) is 0. The Morgan fingerprint density at radius 3 is 2.36 bits per heavy atom. The molecule has 1 aliphatic rings. The maximum absolute atomic E-state index is 11.3. The Morgan fingerprint density at radius 1 is 1.36 bits per heavy atom. The van der Waals surface area contributed by atoms with Crippen LogP contribution in [0.1, 0.15) is 20.8 Å². The van der Waals surface area contributed by atoms with E-state index >= 15 is 0 Å². The normalized spacial score (nSPS) is 20.1. The molecule has 0 aliphatic carbocycles. The molecule has 0 radical (unpaired) electrons. The largest absolute Gasteiger partial charge is 0.347 e. The minimum Gasteiger partial charge on any atom is -0.347 e. The second-order valence-electron chi connectivity index (χ2n) is 4.37. The summed E-state index contributed by atoms with van der Waals surface area (Å²) in [5.41, 5.74) is -0.358. The summed E-state index contributed by atoms with van der Waals surface area (Å²) in [5, 5.41) is 5.72. The number of amides is 2. The monoisotopic (exact) mass is 216 g/mol. The lowest BCUT2D eigenvalue weighted by Crippen LogP contribution is -2.48. The van der Waals surface area contributed by atoms with Crippen molar-refractivity contribution in [3.05, 3.63) is 0 Å². The van der Waals surface area contributed by atoms with E-state index in [0.717, 1.165) is 5.75 Å². The average molecular weight is 216 g/mol. The van der Waals surface area contributed by atoms with Gasteiger partial charge in [-0.3, -0.25) is 9.59 Å². The van der Waals surface area contributed by atoms with Crippen molar-refractivity contribution in [2.75, 3.05) is 12.3 Å². The number of carbonyl (C=O) groups is 2. The van der Waals surface area contributed by atoms with Gasteiger partial charge in [0.05, 0.1) is 0 Å². The zero-order valence-corrected chi connectivity index (χ0v) is 9.53. The highest BCUT2D eigenvalue weighted by Crippen LogP contribution is 2.28. The van der Waals surface area contributed by atoms with E-state index < -0.39 is 11.8 Å². The molecule has 1 saturated heterocycles. The van der Waals surface area contributed by atoms with Crippen LogP contribution in [0.4, 0.5) is 0 Å². The van der Waals surface area contributed by atoms with Crippen LogP contribution >= 0.6 is 11.8 Å². The fourth-order valence-corrected chi connectivity index (χ4v) is 1.33. The smallest absolute Gasteiger partial charge is 0.309 e. The summed E-state index contributed by atoms with van der Waals surface area (Å²) in [4.78, 5) is 22.5. The molecule has 0 unspecified atom stereocenters. The van der Waals surface area contributed by atoms with Crippen LogP contribution in [0.5, 0.6) is 0 Å². The Hall–Kier alpha value is -0.710. The molecule has 0 aromatic rings. The highest BCUT2D eigenvalue weighted by atomic mass is 32.2. The average Bonchev–Trinajstić information content (AvgIpc) is 2.79. The van der Waals surface area contributed by atoms with Gasteiger partial charge in [0.2, 0.25) is 0 Å². The molecule has 5 heteroatoms. The van der Waals surface area contributed by atoms with Crippen molar-refractivity contribution in [1.82, 2.24) is 10.6 Å². The highest BCUT2D eigenvalue weighted by Gasteiger charge is 2.25. The molecule has 80 valence electrons. The van der Waals surface area contributed by atoms with Gasteiger partial charge in [-0.25, -0.2) is 0 Å². The van der Waals surface area contributed by atoms with Gasteiger partial charge in [0, 0.05) is 23.1 Å². The summed E-state index contributed by atoms with van der Waals surface area (Å²) in [6.45, 7) is 6.12. The topological polar surface area (TPSA) is 58.2 Å². The lowest BCUT2D eigenvalue weighted by molar-refractivity contribution is -0.140. The summed E-state index contributed by atoms with van der Waals surface area (Å²) >= 11 is 1.79. The maximum Gasteiger partial charge on any atom is 0.309 e. The summed E-state index contributed by atoms with van der Waals surface area (Å²) in [6.07, 6.45) is 0. The minimum absolute atomic E-state index is 0.358. The number of rotatable bonds is 2. The molecule has 0 aromatic heterocycles. The molecule has 1 atom stereocenters. The third kappa shape index (κ3) is 4.50. The van der Waals surface area contributed by atoms with Crippen molar-refractivity contribution in [2.24, 2.45) is 0 Å². The van der Waals surface area contributed by atoms with Gasteiger partial charge >= 0.3 is 11.8 Å². The molecular weight excluding hydrogens is 200 g/mol. The Kier molecular flexibility index (Phi) is 3.42. The standard InChI is InChI=1S/C9H16N2O2S/c1-9(2,3)11-8(13)7(12)10-4-6-5-14-6/h6H,4-5H2,1-3H3,(H,10,12)(H,11,13)/t6-/m1/s1. The summed E-state index contributed by atoms with van der Waals surface area (Å²) < 4.78 is 0. The van der Waals surface area contributed by atoms with Gasteiger partial charge in [-0.15, -0.1) is 0 Å². The van der Waals surface area contributed by atoms with Crippen molar-refractivity contribution in [1.29, 1.82) is 0 Å². The maximum atomic E-state index is 11.3. The van der Waals surface area contributed by atoms with E-state index in [2.05, 4.69) is 10.6 Å². The number of hydrogen-bond donors (Lipinski definition) is 2. The molecule has 1 fully saturated rings. The van der Waals surface area contributed by atoms with Gasteiger partial charge < -0.3 is 10.6 Å². The third-order valence-electron chi connectivity index (χ3n) is 1.59. The van der Waals surface area contributed by atoms with Crippen molar-refractivity contribution < 1.29 is 9.59 Å². The van der Waals surface area contributed by atoms with Crippen molar-refractivity contribution in [3.8, 4) is 0 Å². The molecule has 14 heavy (non-hydrogen) atoms. The molecule has 1 heterocycles. The van der Waals surface area contributed by atoms with E-state index in [4.69, 9.17) is 0 Å². The molecule has 0 spiro atoms. The van der Waals surface area contributed by atoms with Gasteiger partial charge in [-0.2, -0.15) is 11.8 Å². The molecule has 0 saturated carbocycles. The summed E-state index contributed by atoms with van der Waals surface area (Å²) in [7, 11) is 0. The van der Waals surface area contributed by atoms with Gasteiger partial charge in [0.15, 0.2) is 0 Å². The van der Waals surface area contributed by atoms with Gasteiger partial charge in [0.25, 0.3) is 0 Å². The molecule has 2 N–H and O–H groups in total. The van der Waals surface area contributed by atoms with Crippen LogP contribution in [-0.4, -0.2) is 34.9 Å². The lowest BCUT2D eigenvalue weighted by atomic mass is 10.1. The summed E-state index contributed by atoms with van der Waals surface area (Å²) in [5.74, 6) is -0.00294. The van der Waals surface area contributed by atoms with E-state index in [-0.39, 0.29) is 5.54 Å². The third-order valence-corrected chi connectivity index (χ3v) is 2.56. The predicted octanol–water partition coefficient (Wildman–Crippen LogP) is 0.133. The minimum atomic E-state index is -0.553. The molecule has 2 amide bonds. The van der Waals surface area contributed by atoms with E-state index in [1.165, 1.54) is 0 Å². The van der Waals surface area contributed by atoms with Crippen LogP contribution in [0.3, 0.4) is 0 Å². The Bertz CT molecular complexity index is 244. The van der Waals surface area contributed by atoms with Crippen LogP contribution in [0.2, 0.25) is 0 Å².